The van der Waals surface area contributed by atoms with Crippen LogP contribution in [0.25, 0.3) is 0 Å². The molecule has 0 saturated carbocycles. The molecule has 3 N–H and O–H groups in total. The maximum Gasteiger partial charge on any atom is 0.257 e. The van der Waals surface area contributed by atoms with Crippen molar-refractivity contribution in [1.82, 2.24) is 5.32 Å². The van der Waals surface area contributed by atoms with Crippen LogP contribution >= 0.6 is 11.6 Å². The number of carbonyl (C=O) groups is 2. The van der Waals surface area contributed by atoms with E-state index >= 15 is 0 Å². The molecule has 2 amide bonds. The van der Waals surface area contributed by atoms with Crippen molar-refractivity contribution in [2.45, 2.75) is 12.5 Å². The fourth-order valence-corrected chi connectivity index (χ4v) is 4.73. The van der Waals surface area contributed by atoms with Crippen LogP contribution in [-0.4, -0.2) is 44.3 Å². The first-order chi connectivity index (χ1) is 13.3. The van der Waals surface area contributed by atoms with Gasteiger partial charge in [-0.25, -0.2) is 8.42 Å². The van der Waals surface area contributed by atoms with Gasteiger partial charge in [-0.3, -0.25) is 9.59 Å². The first kappa shape index (κ1) is 20.2. The van der Waals surface area contributed by atoms with Gasteiger partial charge in [0.2, 0.25) is 5.91 Å². The molecule has 2 aromatic rings. The first-order valence-corrected chi connectivity index (χ1v) is 10.9. The minimum Gasteiger partial charge on any atom is -0.376 e. The van der Waals surface area contributed by atoms with Gasteiger partial charge in [0.25, 0.3) is 5.91 Å². The van der Waals surface area contributed by atoms with Gasteiger partial charge in [0.1, 0.15) is 0 Å². The summed E-state index contributed by atoms with van der Waals surface area (Å²) >= 11 is 5.84. The lowest BCUT2D eigenvalue weighted by molar-refractivity contribution is -0.119. The Morgan fingerprint density at radius 2 is 1.79 bits per heavy atom. The highest BCUT2D eigenvalue weighted by molar-refractivity contribution is 7.91. The van der Waals surface area contributed by atoms with Crippen molar-refractivity contribution in [3.63, 3.8) is 0 Å². The molecule has 0 radical (unpaired) electrons. The fraction of sp³-hybridized carbons (Fsp3) is 0.263. The SMILES string of the molecule is O=C(CNc1ccccc1C(=O)Nc1ccc(Cl)cc1)N[C@H]1CCS(=O)(=O)C1. The maximum atomic E-state index is 12.6. The Kier molecular flexibility index (Phi) is 6.21. The Bertz CT molecular complexity index is 977. The van der Waals surface area contributed by atoms with Crippen molar-refractivity contribution in [3.8, 4) is 0 Å². The number of anilines is 2. The highest BCUT2D eigenvalue weighted by atomic mass is 35.5. The second kappa shape index (κ2) is 8.62. The Hall–Kier alpha value is -2.58. The molecule has 0 aliphatic carbocycles. The zero-order valence-corrected chi connectivity index (χ0v) is 16.5. The van der Waals surface area contributed by atoms with Crippen molar-refractivity contribution < 1.29 is 18.0 Å². The number of hydrogen-bond acceptors (Lipinski definition) is 5. The largest absolute Gasteiger partial charge is 0.376 e. The number of amides is 2. The third-order valence-corrected chi connectivity index (χ3v) is 6.33. The van der Waals surface area contributed by atoms with Crippen LogP contribution in [0.5, 0.6) is 0 Å². The second-order valence-electron chi connectivity index (χ2n) is 6.53. The Morgan fingerprint density at radius 3 is 2.46 bits per heavy atom. The van der Waals surface area contributed by atoms with E-state index in [0.29, 0.717) is 28.4 Å². The molecular formula is C19H20ClN3O4S. The summed E-state index contributed by atoms with van der Waals surface area (Å²) in [6.07, 6.45) is 0.425. The molecule has 7 nitrogen and oxygen atoms in total. The molecule has 1 saturated heterocycles. The number of sulfone groups is 1. The van der Waals surface area contributed by atoms with Gasteiger partial charge in [0.15, 0.2) is 9.84 Å². The molecule has 0 spiro atoms. The molecular weight excluding hydrogens is 402 g/mol. The van der Waals surface area contributed by atoms with E-state index in [1.165, 1.54) is 0 Å². The van der Waals surface area contributed by atoms with Gasteiger partial charge >= 0.3 is 0 Å². The lowest BCUT2D eigenvalue weighted by Crippen LogP contribution is -2.39. The van der Waals surface area contributed by atoms with Crippen molar-refractivity contribution in [3.05, 3.63) is 59.1 Å². The Balaban J connectivity index is 1.59. The Morgan fingerprint density at radius 1 is 1.07 bits per heavy atom. The highest BCUT2D eigenvalue weighted by Crippen LogP contribution is 2.19. The lowest BCUT2D eigenvalue weighted by Gasteiger charge is -2.14. The molecule has 28 heavy (non-hydrogen) atoms. The van der Waals surface area contributed by atoms with Crippen LogP contribution in [-0.2, 0) is 14.6 Å². The zero-order valence-electron chi connectivity index (χ0n) is 14.9. The summed E-state index contributed by atoms with van der Waals surface area (Å²) in [6, 6.07) is 13.2. The number of carbonyl (C=O) groups excluding carboxylic acids is 2. The van der Waals surface area contributed by atoms with Crippen molar-refractivity contribution >= 4 is 44.6 Å². The van der Waals surface area contributed by atoms with Crippen LogP contribution in [0.3, 0.4) is 0 Å². The minimum atomic E-state index is -3.05. The third-order valence-electron chi connectivity index (χ3n) is 4.31. The van der Waals surface area contributed by atoms with E-state index in [1.54, 1.807) is 48.5 Å². The van der Waals surface area contributed by atoms with Crippen LogP contribution in [0.2, 0.25) is 5.02 Å². The van der Waals surface area contributed by atoms with Gasteiger partial charge in [-0.2, -0.15) is 0 Å². The topological polar surface area (TPSA) is 104 Å². The van der Waals surface area contributed by atoms with Gasteiger partial charge < -0.3 is 16.0 Å². The van der Waals surface area contributed by atoms with Crippen LogP contribution in [0.15, 0.2) is 48.5 Å². The molecule has 9 heteroatoms. The molecule has 3 rings (SSSR count). The number of halogens is 1. The first-order valence-electron chi connectivity index (χ1n) is 8.72. The maximum absolute atomic E-state index is 12.6. The summed E-state index contributed by atoms with van der Waals surface area (Å²) in [5.41, 5.74) is 1.49. The number of para-hydroxylation sites is 1. The standard InChI is InChI=1S/C19H20ClN3O4S/c20-13-5-7-14(8-6-13)23-19(25)16-3-1-2-4-17(16)21-11-18(24)22-15-9-10-28(26,27)12-15/h1-8,15,21H,9-12H2,(H,22,24)(H,23,25)/t15-/m0/s1. The monoisotopic (exact) mass is 421 g/mol. The van der Waals surface area contributed by atoms with E-state index in [0.717, 1.165) is 0 Å². The predicted molar refractivity (Wildman–Crippen MR) is 110 cm³/mol. The van der Waals surface area contributed by atoms with Crippen LogP contribution in [0.4, 0.5) is 11.4 Å². The molecule has 1 fully saturated rings. The van der Waals surface area contributed by atoms with E-state index in [4.69, 9.17) is 11.6 Å². The molecule has 0 unspecified atom stereocenters. The average Bonchev–Trinajstić information content (AvgIpc) is 3.00. The predicted octanol–water partition coefficient (Wildman–Crippen LogP) is 2.31. The van der Waals surface area contributed by atoms with Gasteiger partial charge in [-0.05, 0) is 42.8 Å². The summed E-state index contributed by atoms with van der Waals surface area (Å²) in [5, 5.41) is 8.99. The number of nitrogens with one attached hydrogen (secondary N) is 3. The van der Waals surface area contributed by atoms with E-state index in [9.17, 15) is 18.0 Å². The van der Waals surface area contributed by atoms with Gasteiger partial charge in [0.05, 0.1) is 23.6 Å². The van der Waals surface area contributed by atoms with Gasteiger partial charge in [-0.15, -0.1) is 0 Å². The fourth-order valence-electron chi connectivity index (χ4n) is 2.93. The average molecular weight is 422 g/mol. The number of benzene rings is 2. The quantitative estimate of drug-likeness (QED) is 0.663. The van der Waals surface area contributed by atoms with Crippen molar-refractivity contribution in [1.29, 1.82) is 0 Å². The summed E-state index contributed by atoms with van der Waals surface area (Å²) in [7, 11) is -3.05. The lowest BCUT2D eigenvalue weighted by atomic mass is 10.1. The number of hydrogen-bond donors (Lipinski definition) is 3. The second-order valence-corrected chi connectivity index (χ2v) is 9.19. The van der Waals surface area contributed by atoms with Crippen molar-refractivity contribution in [2.24, 2.45) is 0 Å². The normalized spacial score (nSPS) is 17.7. The summed E-state index contributed by atoms with van der Waals surface area (Å²) < 4.78 is 22.9. The molecule has 1 atom stereocenters. The summed E-state index contributed by atoms with van der Waals surface area (Å²) in [6.45, 7) is -0.0677. The molecule has 1 aliphatic heterocycles. The van der Waals surface area contributed by atoms with E-state index in [-0.39, 0.29) is 35.9 Å². The van der Waals surface area contributed by atoms with Crippen molar-refractivity contribution in [2.75, 3.05) is 28.7 Å². The van der Waals surface area contributed by atoms with Crippen LogP contribution < -0.4 is 16.0 Å². The van der Waals surface area contributed by atoms with E-state index in [1.807, 2.05) is 0 Å². The molecule has 2 aromatic carbocycles. The van der Waals surface area contributed by atoms with E-state index in [2.05, 4.69) is 16.0 Å². The van der Waals surface area contributed by atoms with Gasteiger partial charge in [-0.1, -0.05) is 23.7 Å². The van der Waals surface area contributed by atoms with Crippen LogP contribution in [0.1, 0.15) is 16.8 Å². The summed E-state index contributed by atoms with van der Waals surface area (Å²) in [5.74, 6) is -0.583. The zero-order chi connectivity index (χ0) is 20.1. The highest BCUT2D eigenvalue weighted by Gasteiger charge is 2.28. The van der Waals surface area contributed by atoms with E-state index < -0.39 is 9.84 Å². The summed E-state index contributed by atoms with van der Waals surface area (Å²) in [4.78, 5) is 24.7. The molecule has 1 heterocycles. The van der Waals surface area contributed by atoms with Crippen LogP contribution in [0, 0.1) is 0 Å². The molecule has 148 valence electrons. The molecule has 1 aliphatic rings. The number of rotatable bonds is 6. The molecule has 0 bridgehead atoms. The minimum absolute atomic E-state index is 0.0289. The molecule has 0 aromatic heterocycles. The van der Waals surface area contributed by atoms with Gasteiger partial charge in [0, 0.05) is 22.4 Å². The Labute approximate surface area is 168 Å². The third kappa shape index (κ3) is 5.46. The smallest absolute Gasteiger partial charge is 0.257 e.